The molecule has 0 radical (unpaired) electrons. The molecule has 1 heterocycles. The van der Waals surface area contributed by atoms with Crippen molar-refractivity contribution in [2.24, 2.45) is 4.99 Å². The van der Waals surface area contributed by atoms with Crippen LogP contribution in [0.2, 0.25) is 10.0 Å². The predicted molar refractivity (Wildman–Crippen MR) is 111 cm³/mol. The summed E-state index contributed by atoms with van der Waals surface area (Å²) in [6, 6.07) is 11.7. The van der Waals surface area contributed by atoms with Crippen LogP contribution in [0, 0.1) is 0 Å². The number of hydrogen-bond donors (Lipinski definition) is 2. The van der Waals surface area contributed by atoms with Crippen molar-refractivity contribution < 1.29 is 19.4 Å². The molecule has 2 N–H and O–H groups in total. The molecule has 1 atom stereocenters. The molecule has 6 nitrogen and oxygen atoms in total. The number of carboxylic acids is 1. The van der Waals surface area contributed by atoms with Gasteiger partial charge in [0.2, 0.25) is 0 Å². The maximum absolute atomic E-state index is 12.2. The molecule has 1 fully saturated rings. The number of aliphatic imine (C=N–C) groups is 1. The van der Waals surface area contributed by atoms with Gasteiger partial charge in [-0.3, -0.25) is 4.79 Å². The van der Waals surface area contributed by atoms with Gasteiger partial charge >= 0.3 is 5.97 Å². The number of nitrogens with one attached hydrogen (secondary N) is 1. The van der Waals surface area contributed by atoms with Crippen molar-refractivity contribution in [3.63, 3.8) is 0 Å². The largest absolute Gasteiger partial charge is 0.479 e. The SMILES string of the molecule is CC(Oc1ccc(/C=C2/SC(=Nc3ccc(Cl)cc3Cl)NC2=O)cc1)C(=O)O. The summed E-state index contributed by atoms with van der Waals surface area (Å²) in [6.07, 6.45) is 0.759. The fourth-order valence-corrected chi connectivity index (χ4v) is 3.50. The summed E-state index contributed by atoms with van der Waals surface area (Å²) in [5, 5.41) is 12.9. The number of aliphatic carboxylic acids is 1. The number of thioether (sulfide) groups is 1. The molecule has 1 aliphatic rings. The number of amidine groups is 1. The van der Waals surface area contributed by atoms with E-state index in [0.717, 1.165) is 5.56 Å². The van der Waals surface area contributed by atoms with Gasteiger partial charge in [-0.15, -0.1) is 0 Å². The van der Waals surface area contributed by atoms with Crippen LogP contribution < -0.4 is 10.1 Å². The Labute approximate surface area is 175 Å². The van der Waals surface area contributed by atoms with Gasteiger partial charge in [-0.1, -0.05) is 35.3 Å². The molecule has 0 aromatic heterocycles. The van der Waals surface area contributed by atoms with Gasteiger partial charge in [-0.2, -0.15) is 0 Å². The summed E-state index contributed by atoms with van der Waals surface area (Å²) in [5.74, 6) is -0.883. The molecular weight excluding hydrogens is 423 g/mol. The topological polar surface area (TPSA) is 88.0 Å². The van der Waals surface area contributed by atoms with Gasteiger partial charge in [0.05, 0.1) is 15.6 Å². The number of halogens is 2. The average molecular weight is 437 g/mol. The summed E-state index contributed by atoms with van der Waals surface area (Å²) in [7, 11) is 0. The van der Waals surface area contributed by atoms with Crippen molar-refractivity contribution in [3.05, 3.63) is 63.0 Å². The molecule has 0 aliphatic carbocycles. The Bertz CT molecular complexity index is 990. The molecule has 2 aromatic rings. The van der Waals surface area contributed by atoms with Crippen molar-refractivity contribution in [1.29, 1.82) is 0 Å². The minimum atomic E-state index is -1.04. The van der Waals surface area contributed by atoms with Crippen LogP contribution >= 0.6 is 35.0 Å². The van der Waals surface area contributed by atoms with E-state index >= 15 is 0 Å². The number of carboxylic acid groups (broad SMARTS) is 1. The van der Waals surface area contributed by atoms with E-state index in [1.807, 2.05) is 0 Å². The van der Waals surface area contributed by atoms with E-state index < -0.39 is 12.1 Å². The van der Waals surface area contributed by atoms with Gasteiger partial charge in [0.1, 0.15) is 5.75 Å². The summed E-state index contributed by atoms with van der Waals surface area (Å²) in [5.41, 5.74) is 1.27. The Hall–Kier alpha value is -2.48. The van der Waals surface area contributed by atoms with Crippen LogP contribution in [-0.4, -0.2) is 28.3 Å². The van der Waals surface area contributed by atoms with Crippen LogP contribution in [0.15, 0.2) is 52.4 Å². The van der Waals surface area contributed by atoms with Crippen molar-refractivity contribution >= 4 is 63.8 Å². The molecule has 0 saturated carbocycles. The minimum Gasteiger partial charge on any atom is -0.479 e. The highest BCUT2D eigenvalue weighted by Gasteiger charge is 2.24. The Kier molecular flexibility index (Phi) is 6.28. The van der Waals surface area contributed by atoms with Crippen LogP contribution in [-0.2, 0) is 9.59 Å². The van der Waals surface area contributed by atoms with E-state index in [1.54, 1.807) is 48.5 Å². The van der Waals surface area contributed by atoms with Crippen LogP contribution in [0.5, 0.6) is 5.75 Å². The smallest absolute Gasteiger partial charge is 0.344 e. The molecule has 1 unspecified atom stereocenters. The highest BCUT2D eigenvalue weighted by molar-refractivity contribution is 8.18. The van der Waals surface area contributed by atoms with Gasteiger partial charge in [0.25, 0.3) is 5.91 Å². The lowest BCUT2D eigenvalue weighted by Crippen LogP contribution is -2.22. The molecule has 2 aromatic carbocycles. The quantitative estimate of drug-likeness (QED) is 0.660. The monoisotopic (exact) mass is 436 g/mol. The van der Waals surface area contributed by atoms with Gasteiger partial charge in [0, 0.05) is 5.02 Å². The van der Waals surface area contributed by atoms with Crippen LogP contribution in [0.4, 0.5) is 5.69 Å². The first-order valence-electron chi connectivity index (χ1n) is 8.06. The first-order chi connectivity index (χ1) is 13.3. The average Bonchev–Trinajstić information content (AvgIpc) is 2.98. The van der Waals surface area contributed by atoms with Crippen molar-refractivity contribution in [1.82, 2.24) is 5.32 Å². The molecular formula is C19H14Cl2N2O4S. The first-order valence-corrected chi connectivity index (χ1v) is 9.63. The fraction of sp³-hybridized carbons (Fsp3) is 0.105. The van der Waals surface area contributed by atoms with Crippen LogP contribution in [0.1, 0.15) is 12.5 Å². The fourth-order valence-electron chi connectivity index (χ4n) is 2.21. The van der Waals surface area contributed by atoms with E-state index in [9.17, 15) is 9.59 Å². The summed E-state index contributed by atoms with van der Waals surface area (Å²) < 4.78 is 5.28. The zero-order valence-corrected chi connectivity index (χ0v) is 16.8. The Morgan fingerprint density at radius 3 is 2.61 bits per heavy atom. The standard InChI is InChI=1S/C19H14Cl2N2O4S/c1-10(18(25)26)27-13-5-2-11(3-6-13)8-16-17(24)23-19(28-16)22-15-7-4-12(20)9-14(15)21/h2-10H,1H3,(H,25,26)(H,22,23,24)/b16-8+. The van der Waals surface area contributed by atoms with Gasteiger partial charge < -0.3 is 15.2 Å². The highest BCUT2D eigenvalue weighted by atomic mass is 35.5. The Balaban J connectivity index is 1.73. The molecule has 9 heteroatoms. The second-order valence-electron chi connectivity index (χ2n) is 5.74. The van der Waals surface area contributed by atoms with Crippen molar-refractivity contribution in [2.75, 3.05) is 0 Å². The number of benzene rings is 2. The summed E-state index contributed by atoms with van der Waals surface area (Å²) in [4.78, 5) is 27.8. The maximum atomic E-state index is 12.2. The number of ether oxygens (including phenoxy) is 1. The number of nitrogens with zero attached hydrogens (tertiary/aromatic N) is 1. The molecule has 3 rings (SSSR count). The number of rotatable bonds is 5. The third-order valence-corrected chi connectivity index (χ3v) is 5.07. The lowest BCUT2D eigenvalue weighted by atomic mass is 10.2. The van der Waals surface area contributed by atoms with Crippen LogP contribution in [0.3, 0.4) is 0 Å². The minimum absolute atomic E-state index is 0.270. The van der Waals surface area contributed by atoms with Gasteiger partial charge in [-0.25, -0.2) is 9.79 Å². The summed E-state index contributed by atoms with van der Waals surface area (Å²) in [6.45, 7) is 1.45. The van der Waals surface area contributed by atoms with Crippen molar-refractivity contribution in [2.45, 2.75) is 13.0 Å². The number of amides is 1. The number of carbonyl (C=O) groups is 2. The van der Waals surface area contributed by atoms with E-state index in [0.29, 0.717) is 31.6 Å². The van der Waals surface area contributed by atoms with Gasteiger partial charge in [-0.05, 0) is 60.7 Å². The van der Waals surface area contributed by atoms with E-state index in [-0.39, 0.29) is 5.91 Å². The number of hydrogen-bond acceptors (Lipinski definition) is 5. The second-order valence-corrected chi connectivity index (χ2v) is 7.62. The normalized spacial score (nSPS) is 17.6. The molecule has 1 amide bonds. The van der Waals surface area contributed by atoms with Gasteiger partial charge in [0.15, 0.2) is 11.3 Å². The Morgan fingerprint density at radius 1 is 1.25 bits per heavy atom. The molecule has 1 saturated heterocycles. The predicted octanol–water partition coefficient (Wildman–Crippen LogP) is 4.74. The lowest BCUT2D eigenvalue weighted by Gasteiger charge is -2.10. The molecule has 28 heavy (non-hydrogen) atoms. The zero-order chi connectivity index (χ0) is 20.3. The number of carbonyl (C=O) groups excluding carboxylic acids is 1. The molecule has 1 aliphatic heterocycles. The Morgan fingerprint density at radius 2 is 1.96 bits per heavy atom. The third-order valence-electron chi connectivity index (χ3n) is 3.62. The molecule has 0 spiro atoms. The third kappa shape index (κ3) is 5.07. The van der Waals surface area contributed by atoms with Crippen molar-refractivity contribution in [3.8, 4) is 5.75 Å². The molecule has 144 valence electrons. The lowest BCUT2D eigenvalue weighted by molar-refractivity contribution is -0.144. The summed E-state index contributed by atoms with van der Waals surface area (Å²) >= 11 is 13.2. The van der Waals surface area contributed by atoms with E-state index in [4.69, 9.17) is 33.0 Å². The maximum Gasteiger partial charge on any atom is 0.344 e. The second kappa shape index (κ2) is 8.68. The molecule has 0 bridgehead atoms. The first kappa shape index (κ1) is 20.3. The van der Waals surface area contributed by atoms with E-state index in [1.165, 1.54) is 18.7 Å². The zero-order valence-electron chi connectivity index (χ0n) is 14.5. The van der Waals surface area contributed by atoms with E-state index in [2.05, 4.69) is 10.3 Å². The highest BCUT2D eigenvalue weighted by Crippen LogP contribution is 2.32. The van der Waals surface area contributed by atoms with Crippen LogP contribution in [0.25, 0.3) is 6.08 Å².